The molecule has 0 fully saturated rings. The van der Waals surface area contributed by atoms with E-state index in [0.29, 0.717) is 6.42 Å². The van der Waals surface area contributed by atoms with Gasteiger partial charge in [-0.3, -0.25) is 9.59 Å². The summed E-state index contributed by atoms with van der Waals surface area (Å²) >= 11 is 1.49. The van der Waals surface area contributed by atoms with E-state index in [-0.39, 0.29) is 12.5 Å². The van der Waals surface area contributed by atoms with Crippen LogP contribution in [-0.2, 0) is 20.7 Å². The summed E-state index contributed by atoms with van der Waals surface area (Å²) in [5.41, 5.74) is 10.5. The molecule has 3 N–H and O–H groups in total. The van der Waals surface area contributed by atoms with Gasteiger partial charge in [-0.25, -0.2) is 0 Å². The number of aliphatic carboxylic acids is 1. The van der Waals surface area contributed by atoms with Crippen LogP contribution in [0.3, 0.4) is 0 Å². The third-order valence-corrected chi connectivity index (χ3v) is 6.22. The van der Waals surface area contributed by atoms with Crippen LogP contribution in [0, 0.1) is 5.92 Å². The first-order valence-electron chi connectivity index (χ1n) is 9.42. The lowest BCUT2D eigenvalue weighted by Gasteiger charge is -2.20. The number of thiophene rings is 1. The second-order valence-corrected chi connectivity index (χ2v) is 8.15. The highest BCUT2D eigenvalue weighted by molar-refractivity contribution is 7.09. The Hall–Kier alpha value is -2.96. The Labute approximate surface area is 172 Å². The van der Waals surface area contributed by atoms with Gasteiger partial charge in [0.15, 0.2) is 5.92 Å². The van der Waals surface area contributed by atoms with Gasteiger partial charge >= 0.3 is 11.9 Å². The number of hydrogen-bond acceptors (Lipinski definition) is 5. The number of carboxylic acids is 1. The number of fused-ring (bicyclic) bond motifs is 3. The second-order valence-electron chi connectivity index (χ2n) is 7.12. The molecule has 6 heteroatoms. The zero-order valence-corrected chi connectivity index (χ0v) is 16.5. The number of hydrogen-bond donors (Lipinski definition) is 2. The monoisotopic (exact) mass is 407 g/mol. The molecule has 4 rings (SSSR count). The maximum absolute atomic E-state index is 12.7. The van der Waals surface area contributed by atoms with Gasteiger partial charge in [-0.2, -0.15) is 0 Å². The smallest absolute Gasteiger partial charge is 0.321 e. The van der Waals surface area contributed by atoms with E-state index >= 15 is 0 Å². The van der Waals surface area contributed by atoms with Crippen molar-refractivity contribution in [2.75, 3.05) is 6.61 Å². The normalized spacial score (nSPS) is 14.7. The van der Waals surface area contributed by atoms with Gasteiger partial charge in [0.2, 0.25) is 0 Å². The first-order valence-corrected chi connectivity index (χ1v) is 10.3. The van der Waals surface area contributed by atoms with Crippen molar-refractivity contribution in [2.45, 2.75) is 18.4 Å². The highest BCUT2D eigenvalue weighted by Gasteiger charge is 2.36. The molecule has 0 unspecified atom stereocenters. The van der Waals surface area contributed by atoms with Gasteiger partial charge in [0.1, 0.15) is 6.61 Å². The number of nitrogens with two attached hydrogens (primary N) is 1. The van der Waals surface area contributed by atoms with Crippen LogP contribution in [0.1, 0.15) is 21.9 Å². The average molecular weight is 407 g/mol. The van der Waals surface area contributed by atoms with Gasteiger partial charge in [0, 0.05) is 16.8 Å². The van der Waals surface area contributed by atoms with E-state index in [9.17, 15) is 14.7 Å². The van der Waals surface area contributed by atoms with E-state index in [1.807, 2.05) is 66.0 Å². The maximum atomic E-state index is 12.7. The number of carbonyl (C=O) groups is 2. The van der Waals surface area contributed by atoms with Crippen molar-refractivity contribution in [3.05, 3.63) is 82.0 Å². The Morgan fingerprint density at radius 2 is 1.62 bits per heavy atom. The number of benzene rings is 2. The number of carbonyl (C=O) groups excluding carboxylic acids is 1. The minimum atomic E-state index is -1.40. The maximum Gasteiger partial charge on any atom is 0.321 e. The summed E-state index contributed by atoms with van der Waals surface area (Å²) in [7, 11) is 0. The van der Waals surface area contributed by atoms with Gasteiger partial charge in [0.25, 0.3) is 0 Å². The van der Waals surface area contributed by atoms with E-state index in [1.165, 1.54) is 11.3 Å². The molecular weight excluding hydrogens is 386 g/mol. The summed E-state index contributed by atoms with van der Waals surface area (Å²) in [5, 5.41) is 11.5. The lowest BCUT2D eigenvalue weighted by Crippen LogP contribution is -2.43. The van der Waals surface area contributed by atoms with E-state index in [4.69, 9.17) is 10.5 Å². The molecule has 0 amide bonds. The van der Waals surface area contributed by atoms with Gasteiger partial charge < -0.3 is 15.6 Å². The zero-order valence-electron chi connectivity index (χ0n) is 15.7. The average Bonchev–Trinajstić information content (AvgIpc) is 3.32. The molecule has 1 aliphatic carbocycles. The first kappa shape index (κ1) is 19.4. The molecule has 0 spiro atoms. The molecule has 5 nitrogen and oxygen atoms in total. The van der Waals surface area contributed by atoms with Crippen molar-refractivity contribution in [3.63, 3.8) is 0 Å². The molecule has 3 aromatic rings. The van der Waals surface area contributed by atoms with Crippen LogP contribution in [0.25, 0.3) is 11.1 Å². The Balaban J connectivity index is 1.50. The van der Waals surface area contributed by atoms with Crippen molar-refractivity contribution in [3.8, 4) is 11.1 Å². The number of esters is 1. The molecule has 2 atom stereocenters. The first-order chi connectivity index (χ1) is 14.1. The number of rotatable bonds is 7. The summed E-state index contributed by atoms with van der Waals surface area (Å²) in [4.78, 5) is 25.3. The van der Waals surface area contributed by atoms with Crippen molar-refractivity contribution in [2.24, 2.45) is 11.7 Å². The fourth-order valence-electron chi connectivity index (χ4n) is 3.93. The number of carboxylic acid groups (broad SMARTS) is 1. The molecule has 0 saturated heterocycles. The highest BCUT2D eigenvalue weighted by Crippen LogP contribution is 2.44. The van der Waals surface area contributed by atoms with E-state index < -0.39 is 23.9 Å². The lowest BCUT2D eigenvalue weighted by atomic mass is 9.96. The minimum Gasteiger partial charge on any atom is -0.481 e. The molecular formula is C23H21NO4S. The molecule has 0 bridgehead atoms. The molecule has 1 aliphatic rings. The summed E-state index contributed by atoms with van der Waals surface area (Å²) in [6.45, 7) is 0.0857. The zero-order chi connectivity index (χ0) is 20.4. The Morgan fingerprint density at radius 1 is 1.00 bits per heavy atom. The predicted octanol–water partition coefficient (Wildman–Crippen LogP) is 3.67. The Kier molecular flexibility index (Phi) is 5.47. The van der Waals surface area contributed by atoms with Crippen LogP contribution >= 0.6 is 11.3 Å². The third kappa shape index (κ3) is 3.81. The minimum absolute atomic E-state index is 0.0857. The van der Waals surface area contributed by atoms with Crippen LogP contribution in [0.4, 0.5) is 0 Å². The molecule has 2 aromatic carbocycles. The van der Waals surface area contributed by atoms with Gasteiger partial charge in [-0.05, 0) is 40.1 Å². The third-order valence-electron chi connectivity index (χ3n) is 5.32. The molecule has 148 valence electrons. The lowest BCUT2D eigenvalue weighted by molar-refractivity contribution is -0.159. The molecule has 1 heterocycles. The molecule has 0 saturated carbocycles. The second kappa shape index (κ2) is 8.19. The van der Waals surface area contributed by atoms with E-state index in [2.05, 4.69) is 0 Å². The standard InChI is InChI=1S/C23H21NO4S/c24-20(12-14-6-5-11-29-14)21(22(25)26)23(27)28-13-19-17-9-3-1-7-15(17)16-8-2-4-10-18(16)19/h1-11,19-21H,12-13,24H2,(H,25,26)/t20-,21-/m1/s1. The van der Waals surface area contributed by atoms with Crippen molar-refractivity contribution in [1.29, 1.82) is 0 Å². The van der Waals surface area contributed by atoms with E-state index in [1.54, 1.807) is 0 Å². The molecule has 29 heavy (non-hydrogen) atoms. The molecule has 0 radical (unpaired) electrons. The Bertz CT molecular complexity index is 985. The van der Waals surface area contributed by atoms with Gasteiger partial charge in [0.05, 0.1) is 0 Å². The highest BCUT2D eigenvalue weighted by atomic mass is 32.1. The van der Waals surface area contributed by atoms with Crippen LogP contribution in [0.2, 0.25) is 0 Å². The Morgan fingerprint density at radius 3 is 2.17 bits per heavy atom. The largest absolute Gasteiger partial charge is 0.481 e. The van der Waals surface area contributed by atoms with E-state index in [0.717, 1.165) is 27.1 Å². The summed E-state index contributed by atoms with van der Waals surface area (Å²) in [6, 6.07) is 18.9. The van der Waals surface area contributed by atoms with Crippen molar-refractivity contribution < 1.29 is 19.4 Å². The fourth-order valence-corrected chi connectivity index (χ4v) is 4.71. The summed E-state index contributed by atoms with van der Waals surface area (Å²) in [6.07, 6.45) is 0.318. The SMILES string of the molecule is N[C@H](Cc1cccs1)[C@H](C(=O)O)C(=O)OCC1c2ccccc2-c2ccccc21. The van der Waals surface area contributed by atoms with Crippen LogP contribution in [-0.4, -0.2) is 29.7 Å². The predicted molar refractivity (Wildman–Crippen MR) is 112 cm³/mol. The van der Waals surface area contributed by atoms with Crippen molar-refractivity contribution in [1.82, 2.24) is 0 Å². The quantitative estimate of drug-likeness (QED) is 0.461. The van der Waals surface area contributed by atoms with Gasteiger partial charge in [-0.1, -0.05) is 54.6 Å². The van der Waals surface area contributed by atoms with Gasteiger partial charge in [-0.15, -0.1) is 11.3 Å². The summed E-state index contributed by atoms with van der Waals surface area (Å²) < 4.78 is 5.51. The van der Waals surface area contributed by atoms with Crippen molar-refractivity contribution >= 4 is 23.3 Å². The fraction of sp³-hybridized carbons (Fsp3) is 0.217. The topological polar surface area (TPSA) is 89.6 Å². The number of ether oxygens (including phenoxy) is 1. The van der Waals surface area contributed by atoms with Crippen LogP contribution < -0.4 is 5.73 Å². The van der Waals surface area contributed by atoms with Crippen LogP contribution in [0.15, 0.2) is 66.0 Å². The molecule has 0 aliphatic heterocycles. The summed E-state index contributed by atoms with van der Waals surface area (Å²) in [5.74, 6) is -3.56. The molecule has 1 aromatic heterocycles. The van der Waals surface area contributed by atoms with Crippen LogP contribution in [0.5, 0.6) is 0 Å².